The third-order valence-electron chi connectivity index (χ3n) is 3.15. The summed E-state index contributed by atoms with van der Waals surface area (Å²) in [5.74, 6) is 0.979. The van der Waals surface area contributed by atoms with Crippen LogP contribution in [0.2, 0.25) is 0 Å². The van der Waals surface area contributed by atoms with Crippen molar-refractivity contribution in [3.8, 4) is 5.75 Å². The number of hydrogen-bond acceptors (Lipinski definition) is 2. The van der Waals surface area contributed by atoms with Crippen LogP contribution in [0.25, 0.3) is 0 Å². The first-order chi connectivity index (χ1) is 7.75. The summed E-state index contributed by atoms with van der Waals surface area (Å²) in [6, 6.07) is 8.97. The summed E-state index contributed by atoms with van der Waals surface area (Å²) in [5.41, 5.74) is 0. The van der Waals surface area contributed by atoms with E-state index in [4.69, 9.17) is 4.74 Å². The van der Waals surface area contributed by atoms with Gasteiger partial charge in [-0.15, -0.1) is 0 Å². The highest BCUT2D eigenvalue weighted by atomic mass is 127. The molecular weight excluding hydrogens is 313 g/mol. The molecule has 1 atom stereocenters. The van der Waals surface area contributed by atoms with Gasteiger partial charge >= 0.3 is 0 Å². The van der Waals surface area contributed by atoms with Crippen molar-refractivity contribution < 1.29 is 4.74 Å². The van der Waals surface area contributed by atoms with E-state index in [0.29, 0.717) is 0 Å². The summed E-state index contributed by atoms with van der Waals surface area (Å²) in [4.78, 5) is 2.51. The third-order valence-corrected chi connectivity index (χ3v) is 3.87. The summed E-state index contributed by atoms with van der Waals surface area (Å²) in [6.07, 6.45) is 2.67. The SMILES string of the molecule is CC1CCCN1CCOc1ccc(I)cc1. The molecule has 1 aromatic rings. The van der Waals surface area contributed by atoms with Crippen molar-refractivity contribution >= 4 is 22.6 Å². The van der Waals surface area contributed by atoms with Crippen LogP contribution in [0.5, 0.6) is 5.75 Å². The Kier molecular flexibility index (Phi) is 4.46. The first-order valence-electron chi connectivity index (χ1n) is 5.88. The molecular formula is C13H18INO. The Hall–Kier alpha value is -0.290. The molecule has 0 saturated carbocycles. The number of ether oxygens (including phenoxy) is 1. The largest absolute Gasteiger partial charge is 0.492 e. The molecule has 0 amide bonds. The van der Waals surface area contributed by atoms with Crippen LogP contribution in [0, 0.1) is 3.57 Å². The lowest BCUT2D eigenvalue weighted by atomic mass is 10.2. The van der Waals surface area contributed by atoms with E-state index in [-0.39, 0.29) is 0 Å². The molecule has 2 nitrogen and oxygen atoms in total. The molecule has 1 aliphatic heterocycles. The summed E-state index contributed by atoms with van der Waals surface area (Å²) in [5, 5.41) is 0. The van der Waals surface area contributed by atoms with Crippen molar-refractivity contribution in [1.29, 1.82) is 0 Å². The molecule has 1 saturated heterocycles. The number of hydrogen-bond donors (Lipinski definition) is 0. The van der Waals surface area contributed by atoms with Crippen LogP contribution in [0.4, 0.5) is 0 Å². The second-order valence-electron chi connectivity index (χ2n) is 4.33. The molecule has 0 aromatic heterocycles. The lowest BCUT2D eigenvalue weighted by Gasteiger charge is -2.20. The average molecular weight is 331 g/mol. The molecule has 0 bridgehead atoms. The third kappa shape index (κ3) is 3.35. The molecule has 1 unspecified atom stereocenters. The predicted molar refractivity (Wildman–Crippen MR) is 74.9 cm³/mol. The highest BCUT2D eigenvalue weighted by molar-refractivity contribution is 14.1. The molecule has 1 aliphatic rings. The summed E-state index contributed by atoms with van der Waals surface area (Å²) in [7, 11) is 0. The Labute approximate surface area is 111 Å². The molecule has 0 radical (unpaired) electrons. The van der Waals surface area contributed by atoms with Gasteiger partial charge in [-0.1, -0.05) is 0 Å². The zero-order valence-corrected chi connectivity index (χ0v) is 11.8. The second-order valence-corrected chi connectivity index (χ2v) is 5.58. The standard InChI is InChI=1S/C13H18INO/c1-11-3-2-8-15(11)9-10-16-13-6-4-12(14)5-7-13/h4-7,11H,2-3,8-10H2,1H3. The smallest absolute Gasteiger partial charge is 0.119 e. The topological polar surface area (TPSA) is 12.5 Å². The maximum Gasteiger partial charge on any atom is 0.119 e. The van der Waals surface area contributed by atoms with Crippen LogP contribution in [0.15, 0.2) is 24.3 Å². The molecule has 16 heavy (non-hydrogen) atoms. The van der Waals surface area contributed by atoms with Crippen molar-refractivity contribution in [3.63, 3.8) is 0 Å². The highest BCUT2D eigenvalue weighted by Gasteiger charge is 2.19. The van der Waals surface area contributed by atoms with E-state index in [9.17, 15) is 0 Å². The molecule has 0 spiro atoms. The average Bonchev–Trinajstić information content (AvgIpc) is 2.68. The van der Waals surface area contributed by atoms with E-state index in [0.717, 1.165) is 24.9 Å². The molecule has 88 valence electrons. The minimum Gasteiger partial charge on any atom is -0.492 e. The molecule has 3 heteroatoms. The van der Waals surface area contributed by atoms with Gasteiger partial charge in [-0.3, -0.25) is 4.90 Å². The van der Waals surface area contributed by atoms with Gasteiger partial charge in [0, 0.05) is 16.2 Å². The van der Waals surface area contributed by atoms with Crippen LogP contribution in [0.3, 0.4) is 0 Å². The quantitative estimate of drug-likeness (QED) is 0.786. The van der Waals surface area contributed by atoms with E-state index < -0.39 is 0 Å². The molecule has 2 rings (SSSR count). The number of rotatable bonds is 4. The van der Waals surface area contributed by atoms with Crippen LogP contribution in [-0.2, 0) is 0 Å². The van der Waals surface area contributed by atoms with E-state index in [1.54, 1.807) is 0 Å². The monoisotopic (exact) mass is 331 g/mol. The van der Waals surface area contributed by atoms with Crippen molar-refractivity contribution in [2.45, 2.75) is 25.8 Å². The van der Waals surface area contributed by atoms with E-state index in [1.165, 1.54) is 23.0 Å². The normalized spacial score (nSPS) is 21.2. The second kappa shape index (κ2) is 5.87. The van der Waals surface area contributed by atoms with Crippen LogP contribution in [0.1, 0.15) is 19.8 Å². The minimum absolute atomic E-state index is 0.736. The summed E-state index contributed by atoms with van der Waals surface area (Å²) >= 11 is 2.30. The van der Waals surface area contributed by atoms with Gasteiger partial charge in [0.25, 0.3) is 0 Å². The number of benzene rings is 1. The minimum atomic E-state index is 0.736. The van der Waals surface area contributed by atoms with E-state index >= 15 is 0 Å². The number of likely N-dealkylation sites (tertiary alicyclic amines) is 1. The van der Waals surface area contributed by atoms with Crippen LogP contribution < -0.4 is 4.74 Å². The van der Waals surface area contributed by atoms with Gasteiger partial charge in [0.05, 0.1) is 0 Å². The van der Waals surface area contributed by atoms with Gasteiger partial charge in [0.2, 0.25) is 0 Å². The van der Waals surface area contributed by atoms with Gasteiger partial charge in [-0.05, 0) is 73.2 Å². The Bertz CT molecular complexity index is 325. The Morgan fingerprint density at radius 1 is 1.38 bits per heavy atom. The van der Waals surface area contributed by atoms with Crippen molar-refractivity contribution in [2.24, 2.45) is 0 Å². The fraction of sp³-hybridized carbons (Fsp3) is 0.538. The Morgan fingerprint density at radius 3 is 2.75 bits per heavy atom. The Balaban J connectivity index is 1.73. The first kappa shape index (κ1) is 12.2. The fourth-order valence-electron chi connectivity index (χ4n) is 2.14. The molecule has 1 aromatic carbocycles. The zero-order valence-electron chi connectivity index (χ0n) is 9.66. The predicted octanol–water partition coefficient (Wildman–Crippen LogP) is 3.15. The highest BCUT2D eigenvalue weighted by Crippen LogP contribution is 2.17. The van der Waals surface area contributed by atoms with Gasteiger partial charge in [-0.25, -0.2) is 0 Å². The van der Waals surface area contributed by atoms with Gasteiger partial charge < -0.3 is 4.74 Å². The van der Waals surface area contributed by atoms with Crippen molar-refractivity contribution in [1.82, 2.24) is 4.90 Å². The molecule has 1 heterocycles. The molecule has 0 N–H and O–H groups in total. The Morgan fingerprint density at radius 2 is 2.12 bits per heavy atom. The first-order valence-corrected chi connectivity index (χ1v) is 6.96. The zero-order chi connectivity index (χ0) is 11.4. The van der Waals surface area contributed by atoms with Gasteiger partial charge in [0.15, 0.2) is 0 Å². The van der Waals surface area contributed by atoms with Crippen LogP contribution in [-0.4, -0.2) is 30.6 Å². The lowest BCUT2D eigenvalue weighted by molar-refractivity contribution is 0.204. The van der Waals surface area contributed by atoms with Crippen molar-refractivity contribution in [3.05, 3.63) is 27.8 Å². The number of nitrogens with zero attached hydrogens (tertiary/aromatic N) is 1. The van der Waals surface area contributed by atoms with Crippen LogP contribution >= 0.6 is 22.6 Å². The maximum absolute atomic E-state index is 5.73. The molecule has 1 fully saturated rings. The van der Waals surface area contributed by atoms with E-state index in [2.05, 4.69) is 46.5 Å². The maximum atomic E-state index is 5.73. The molecule has 0 aliphatic carbocycles. The van der Waals surface area contributed by atoms with E-state index in [1.807, 2.05) is 12.1 Å². The van der Waals surface area contributed by atoms with Gasteiger partial charge in [0.1, 0.15) is 12.4 Å². The van der Waals surface area contributed by atoms with Crippen molar-refractivity contribution in [2.75, 3.05) is 19.7 Å². The summed E-state index contributed by atoms with van der Waals surface area (Å²) in [6.45, 7) is 5.38. The van der Waals surface area contributed by atoms with Gasteiger partial charge in [-0.2, -0.15) is 0 Å². The number of halogens is 1. The lowest BCUT2D eigenvalue weighted by Crippen LogP contribution is -2.31. The summed E-state index contributed by atoms with van der Waals surface area (Å²) < 4.78 is 6.97. The fourth-order valence-corrected chi connectivity index (χ4v) is 2.50.